The number of cyclic esters (lactones) is 1. The number of nitrogens with zero attached hydrogens (tertiary/aromatic N) is 2. The molecule has 0 aromatic rings. The molecule has 8 nitrogen and oxygen atoms in total. The average Bonchev–Trinajstić information content (AvgIpc) is 2.69. The van der Waals surface area contributed by atoms with Crippen molar-refractivity contribution in [2.75, 3.05) is 6.61 Å². The minimum Gasteiger partial charge on any atom is -0.466 e. The molecule has 2 amide bonds. The van der Waals surface area contributed by atoms with E-state index in [4.69, 9.17) is 4.74 Å². The second kappa shape index (κ2) is 15.6. The maximum Gasteiger partial charge on any atom is 0.305 e. The van der Waals surface area contributed by atoms with Crippen LogP contribution in [0.2, 0.25) is 0 Å². The number of hydrazone groups is 2. The standard InChI is InChI=1S/C21H36N4O4/c1-17-11-6-3-4-9-16-29-21(28)15-8-5-7-12-18(2)23-25-20(27)14-10-13-19(26)24-22-17/h3-16H2,1-2H3,(H,24,26)(H,25,27)/b22-17-,23-18-. The van der Waals surface area contributed by atoms with Crippen LogP contribution in [0.5, 0.6) is 0 Å². The first-order valence-electron chi connectivity index (χ1n) is 10.8. The summed E-state index contributed by atoms with van der Waals surface area (Å²) in [5.74, 6) is -0.516. The van der Waals surface area contributed by atoms with Gasteiger partial charge in [-0.1, -0.05) is 19.3 Å². The topological polar surface area (TPSA) is 109 Å². The summed E-state index contributed by atoms with van der Waals surface area (Å²) in [6.07, 6.45) is 9.55. The van der Waals surface area contributed by atoms with E-state index in [1.807, 2.05) is 13.8 Å². The molecule has 1 aliphatic rings. The lowest BCUT2D eigenvalue weighted by molar-refractivity contribution is -0.144. The molecular formula is C21H36N4O4. The molecular weight excluding hydrogens is 372 g/mol. The number of hydrogen-bond acceptors (Lipinski definition) is 6. The van der Waals surface area contributed by atoms with Gasteiger partial charge in [-0.05, 0) is 58.8 Å². The van der Waals surface area contributed by atoms with Crippen LogP contribution in [0.3, 0.4) is 0 Å². The number of nitrogens with one attached hydrogen (secondary N) is 2. The van der Waals surface area contributed by atoms with Gasteiger partial charge in [0, 0.05) is 30.7 Å². The van der Waals surface area contributed by atoms with E-state index >= 15 is 0 Å². The third-order valence-corrected chi connectivity index (χ3v) is 4.67. The fraction of sp³-hybridized carbons (Fsp3) is 0.762. The molecule has 29 heavy (non-hydrogen) atoms. The van der Waals surface area contributed by atoms with Gasteiger partial charge in [-0.2, -0.15) is 10.2 Å². The summed E-state index contributed by atoms with van der Waals surface area (Å²) in [5.41, 5.74) is 6.79. The van der Waals surface area contributed by atoms with E-state index in [2.05, 4.69) is 21.1 Å². The van der Waals surface area contributed by atoms with Crippen LogP contribution >= 0.6 is 0 Å². The molecule has 1 aliphatic heterocycles. The van der Waals surface area contributed by atoms with Gasteiger partial charge in [0.15, 0.2) is 0 Å². The summed E-state index contributed by atoms with van der Waals surface area (Å²) in [6.45, 7) is 4.24. The third-order valence-electron chi connectivity index (χ3n) is 4.67. The van der Waals surface area contributed by atoms with Crippen LogP contribution in [0, 0.1) is 0 Å². The first kappa shape index (κ1) is 24.8. The fourth-order valence-electron chi connectivity index (χ4n) is 2.87. The van der Waals surface area contributed by atoms with Crippen LogP contribution in [0.4, 0.5) is 0 Å². The monoisotopic (exact) mass is 408 g/mol. The first-order valence-corrected chi connectivity index (χ1v) is 10.8. The predicted octanol–water partition coefficient (Wildman–Crippen LogP) is 3.60. The molecule has 0 aliphatic carbocycles. The van der Waals surface area contributed by atoms with Crippen molar-refractivity contribution in [3.8, 4) is 0 Å². The lowest BCUT2D eigenvalue weighted by atomic mass is 10.1. The highest BCUT2D eigenvalue weighted by molar-refractivity contribution is 5.85. The highest BCUT2D eigenvalue weighted by atomic mass is 16.5. The first-order chi connectivity index (χ1) is 14.0. The van der Waals surface area contributed by atoms with Crippen LogP contribution in [-0.4, -0.2) is 35.8 Å². The van der Waals surface area contributed by atoms with Crippen molar-refractivity contribution >= 4 is 29.2 Å². The summed E-state index contributed by atoms with van der Waals surface area (Å²) in [5, 5.41) is 8.19. The Hall–Kier alpha value is -2.25. The summed E-state index contributed by atoms with van der Waals surface area (Å²) in [7, 11) is 0. The van der Waals surface area contributed by atoms with E-state index in [9.17, 15) is 14.4 Å². The van der Waals surface area contributed by atoms with E-state index in [1.54, 1.807) is 0 Å². The van der Waals surface area contributed by atoms with E-state index in [-0.39, 0.29) is 30.6 Å². The quantitative estimate of drug-likeness (QED) is 0.597. The van der Waals surface area contributed by atoms with Gasteiger partial charge in [0.2, 0.25) is 11.8 Å². The molecule has 1 heterocycles. The zero-order valence-corrected chi connectivity index (χ0v) is 17.9. The molecule has 164 valence electrons. The molecule has 8 heteroatoms. The normalized spacial score (nSPS) is 24.6. The van der Waals surface area contributed by atoms with Crippen molar-refractivity contribution in [2.24, 2.45) is 10.2 Å². The fourth-order valence-corrected chi connectivity index (χ4v) is 2.87. The average molecular weight is 409 g/mol. The Morgan fingerprint density at radius 3 is 1.69 bits per heavy atom. The minimum atomic E-state index is -0.200. The summed E-state index contributed by atoms with van der Waals surface area (Å²) < 4.78 is 5.26. The second-order valence-corrected chi connectivity index (χ2v) is 7.56. The zero-order chi connectivity index (χ0) is 21.3. The second-order valence-electron chi connectivity index (χ2n) is 7.56. The number of carbonyl (C=O) groups is 3. The number of ether oxygens (including phenoxy) is 1. The van der Waals surface area contributed by atoms with Crippen molar-refractivity contribution in [1.29, 1.82) is 0 Å². The van der Waals surface area contributed by atoms with Crippen molar-refractivity contribution < 1.29 is 19.1 Å². The highest BCUT2D eigenvalue weighted by Gasteiger charge is 2.06. The van der Waals surface area contributed by atoms with E-state index in [0.717, 1.165) is 69.2 Å². The van der Waals surface area contributed by atoms with Gasteiger partial charge in [-0.25, -0.2) is 10.9 Å². The number of esters is 1. The highest BCUT2D eigenvalue weighted by Crippen LogP contribution is 2.08. The molecule has 0 aromatic carbocycles. The smallest absolute Gasteiger partial charge is 0.305 e. The van der Waals surface area contributed by atoms with Crippen LogP contribution < -0.4 is 10.9 Å². The van der Waals surface area contributed by atoms with Gasteiger partial charge in [-0.3, -0.25) is 14.4 Å². The molecule has 0 spiro atoms. The molecule has 0 atom stereocenters. The Bertz CT molecular complexity index is 587. The molecule has 2 N–H and O–H groups in total. The molecule has 0 saturated carbocycles. The molecule has 0 radical (unpaired) electrons. The lowest BCUT2D eigenvalue weighted by Gasteiger charge is -2.06. The Morgan fingerprint density at radius 2 is 1.10 bits per heavy atom. The van der Waals surface area contributed by atoms with Gasteiger partial charge < -0.3 is 4.74 Å². The largest absolute Gasteiger partial charge is 0.466 e. The van der Waals surface area contributed by atoms with Crippen molar-refractivity contribution in [3.05, 3.63) is 0 Å². The molecule has 0 unspecified atom stereocenters. The van der Waals surface area contributed by atoms with Crippen molar-refractivity contribution in [1.82, 2.24) is 10.9 Å². The van der Waals surface area contributed by atoms with Crippen molar-refractivity contribution in [2.45, 2.75) is 97.3 Å². The van der Waals surface area contributed by atoms with Gasteiger partial charge >= 0.3 is 5.97 Å². The summed E-state index contributed by atoms with van der Waals surface area (Å²) in [6, 6.07) is 0. The molecule has 1 rings (SSSR count). The lowest BCUT2D eigenvalue weighted by Crippen LogP contribution is -2.21. The van der Waals surface area contributed by atoms with E-state index < -0.39 is 0 Å². The zero-order valence-electron chi connectivity index (χ0n) is 17.9. The molecule has 0 bridgehead atoms. The third kappa shape index (κ3) is 14.4. The number of carbonyl (C=O) groups excluding carboxylic acids is 3. The van der Waals surface area contributed by atoms with E-state index in [0.29, 0.717) is 19.4 Å². The van der Waals surface area contributed by atoms with Gasteiger partial charge in [0.05, 0.1) is 6.61 Å². The van der Waals surface area contributed by atoms with Gasteiger partial charge in [-0.15, -0.1) is 0 Å². The Labute approximate surface area is 173 Å². The van der Waals surface area contributed by atoms with E-state index in [1.165, 1.54) is 0 Å². The van der Waals surface area contributed by atoms with Crippen LogP contribution in [0.1, 0.15) is 97.3 Å². The number of hydrogen-bond donors (Lipinski definition) is 2. The Morgan fingerprint density at radius 1 is 0.621 bits per heavy atom. The predicted molar refractivity (Wildman–Crippen MR) is 113 cm³/mol. The number of amides is 2. The minimum absolute atomic E-state index is 0.129. The van der Waals surface area contributed by atoms with Crippen LogP contribution in [0.15, 0.2) is 10.2 Å². The maximum absolute atomic E-state index is 11.8. The molecule has 0 aromatic heterocycles. The Balaban J connectivity index is 2.46. The number of rotatable bonds is 0. The van der Waals surface area contributed by atoms with Crippen LogP contribution in [-0.2, 0) is 19.1 Å². The SMILES string of the molecule is C/C1=N/NC(=O)CCCC(=O)N/N=C(/C)CCCCCC(=O)OCCCCCC1. The Kier molecular flexibility index (Phi) is 13.4. The van der Waals surface area contributed by atoms with Crippen molar-refractivity contribution in [3.63, 3.8) is 0 Å². The maximum atomic E-state index is 11.8. The molecule has 0 fully saturated rings. The molecule has 0 saturated heterocycles. The van der Waals surface area contributed by atoms with Gasteiger partial charge in [0.25, 0.3) is 0 Å². The summed E-state index contributed by atoms with van der Waals surface area (Å²) in [4.78, 5) is 35.3. The summed E-state index contributed by atoms with van der Waals surface area (Å²) >= 11 is 0. The van der Waals surface area contributed by atoms with Crippen LogP contribution in [0.25, 0.3) is 0 Å². The van der Waals surface area contributed by atoms with Gasteiger partial charge in [0.1, 0.15) is 0 Å².